The highest BCUT2D eigenvalue weighted by atomic mass is 16.5. The van der Waals surface area contributed by atoms with Crippen LogP contribution in [0.3, 0.4) is 0 Å². The molecule has 4 heterocycles. The first-order valence-electron chi connectivity index (χ1n) is 9.92. The topological polar surface area (TPSA) is 73.1 Å². The molecule has 1 aromatic carbocycles. The van der Waals surface area contributed by atoms with Gasteiger partial charge in [0.25, 0.3) is 5.56 Å². The molecule has 3 aromatic rings. The highest BCUT2D eigenvalue weighted by molar-refractivity contribution is 5.58. The number of pyridine rings is 1. The Morgan fingerprint density at radius 1 is 1.03 bits per heavy atom. The monoisotopic (exact) mass is 389 g/mol. The van der Waals surface area contributed by atoms with Crippen LogP contribution in [0, 0.1) is 0 Å². The molecule has 0 unspecified atom stereocenters. The Balaban J connectivity index is 1.42. The summed E-state index contributed by atoms with van der Waals surface area (Å²) in [5, 5.41) is 8.91. The SMILES string of the molecule is COc1ccc(-c2nnc3n(c2=O)CC[C@]32CCN(Cc3ccncc3)C2)cc1. The molecule has 148 valence electrons. The van der Waals surface area contributed by atoms with E-state index in [9.17, 15) is 4.79 Å². The number of rotatable bonds is 4. The summed E-state index contributed by atoms with van der Waals surface area (Å²) >= 11 is 0. The molecule has 7 heteroatoms. The Bertz CT molecular complexity index is 1080. The Kier molecular flexibility index (Phi) is 4.39. The second-order valence-electron chi connectivity index (χ2n) is 7.90. The quantitative estimate of drug-likeness (QED) is 0.682. The Labute approximate surface area is 169 Å². The lowest BCUT2D eigenvalue weighted by atomic mass is 9.85. The van der Waals surface area contributed by atoms with Crippen molar-refractivity contribution in [3.8, 4) is 17.0 Å². The number of aromatic nitrogens is 4. The molecule has 2 aliphatic heterocycles. The van der Waals surface area contributed by atoms with Crippen molar-refractivity contribution in [2.24, 2.45) is 0 Å². The first-order valence-corrected chi connectivity index (χ1v) is 9.92. The third kappa shape index (κ3) is 3.11. The molecule has 0 N–H and O–H groups in total. The van der Waals surface area contributed by atoms with Crippen molar-refractivity contribution in [3.05, 3.63) is 70.5 Å². The van der Waals surface area contributed by atoms with E-state index in [1.807, 2.05) is 41.2 Å². The lowest BCUT2D eigenvalue weighted by Gasteiger charge is -2.23. The second kappa shape index (κ2) is 7.08. The zero-order valence-corrected chi connectivity index (χ0v) is 16.4. The Hall–Kier alpha value is -3.06. The molecule has 0 radical (unpaired) electrons. The van der Waals surface area contributed by atoms with Gasteiger partial charge in [0.2, 0.25) is 0 Å². The maximum absolute atomic E-state index is 13.1. The van der Waals surface area contributed by atoms with Gasteiger partial charge in [-0.2, -0.15) is 0 Å². The molecular formula is C22H23N5O2. The molecule has 1 spiro atoms. The van der Waals surface area contributed by atoms with Crippen LogP contribution in [-0.2, 0) is 18.5 Å². The van der Waals surface area contributed by atoms with Gasteiger partial charge < -0.3 is 4.74 Å². The molecule has 2 aromatic heterocycles. The number of ether oxygens (including phenoxy) is 1. The summed E-state index contributed by atoms with van der Waals surface area (Å²) in [4.78, 5) is 19.7. The van der Waals surface area contributed by atoms with Crippen LogP contribution in [0.5, 0.6) is 5.75 Å². The predicted octanol–water partition coefficient (Wildman–Crippen LogP) is 2.26. The van der Waals surface area contributed by atoms with Gasteiger partial charge in [-0.05, 0) is 61.3 Å². The van der Waals surface area contributed by atoms with E-state index in [0.717, 1.165) is 49.6 Å². The van der Waals surface area contributed by atoms with Gasteiger partial charge >= 0.3 is 0 Å². The van der Waals surface area contributed by atoms with E-state index < -0.39 is 0 Å². The fraction of sp³-hybridized carbons (Fsp3) is 0.364. The van der Waals surface area contributed by atoms with Crippen molar-refractivity contribution in [1.29, 1.82) is 0 Å². The number of hydrogen-bond acceptors (Lipinski definition) is 6. The number of hydrogen-bond donors (Lipinski definition) is 0. The van der Waals surface area contributed by atoms with E-state index in [1.165, 1.54) is 5.56 Å². The third-order valence-corrected chi connectivity index (χ3v) is 6.19. The average Bonchev–Trinajstić information content (AvgIpc) is 3.34. The lowest BCUT2D eigenvalue weighted by Crippen LogP contribution is -2.33. The molecule has 0 bridgehead atoms. The van der Waals surface area contributed by atoms with Gasteiger partial charge in [0.15, 0.2) is 5.69 Å². The normalized spacial score (nSPS) is 20.9. The van der Waals surface area contributed by atoms with Crippen molar-refractivity contribution >= 4 is 0 Å². The molecule has 29 heavy (non-hydrogen) atoms. The zero-order valence-electron chi connectivity index (χ0n) is 16.4. The second-order valence-corrected chi connectivity index (χ2v) is 7.90. The molecule has 7 nitrogen and oxygen atoms in total. The smallest absolute Gasteiger partial charge is 0.280 e. The maximum atomic E-state index is 13.1. The minimum Gasteiger partial charge on any atom is -0.497 e. The molecule has 1 saturated heterocycles. The van der Waals surface area contributed by atoms with Crippen molar-refractivity contribution in [3.63, 3.8) is 0 Å². The summed E-state index contributed by atoms with van der Waals surface area (Å²) in [5.41, 5.74) is 2.31. The standard InChI is InChI=1S/C22H23N5O2/c1-29-18-4-2-17(3-5-18)19-20(28)27-13-9-22(21(27)25-24-19)8-12-26(15-22)14-16-6-10-23-11-7-16/h2-7,10-11H,8-9,12-15H2,1H3/t22-/m0/s1. The summed E-state index contributed by atoms with van der Waals surface area (Å²) in [6.45, 7) is 3.51. The number of benzene rings is 1. The number of nitrogens with zero attached hydrogens (tertiary/aromatic N) is 5. The minimum atomic E-state index is -0.0718. The van der Waals surface area contributed by atoms with Crippen molar-refractivity contribution in [2.75, 3.05) is 20.2 Å². The van der Waals surface area contributed by atoms with Crippen LogP contribution < -0.4 is 10.3 Å². The van der Waals surface area contributed by atoms with E-state index in [4.69, 9.17) is 4.74 Å². The summed E-state index contributed by atoms with van der Waals surface area (Å²) in [6, 6.07) is 11.5. The molecule has 0 saturated carbocycles. The average molecular weight is 389 g/mol. The first-order chi connectivity index (χ1) is 14.2. The van der Waals surface area contributed by atoms with Crippen LogP contribution in [0.4, 0.5) is 0 Å². The zero-order chi connectivity index (χ0) is 19.8. The number of methoxy groups -OCH3 is 1. The fourth-order valence-electron chi connectivity index (χ4n) is 4.61. The van der Waals surface area contributed by atoms with Gasteiger partial charge in [-0.3, -0.25) is 19.2 Å². The summed E-state index contributed by atoms with van der Waals surface area (Å²) in [5.74, 6) is 1.60. The Morgan fingerprint density at radius 3 is 2.55 bits per heavy atom. The van der Waals surface area contributed by atoms with Crippen LogP contribution in [0.2, 0.25) is 0 Å². The number of fused-ring (bicyclic) bond motifs is 2. The van der Waals surface area contributed by atoms with E-state index in [1.54, 1.807) is 7.11 Å². The Morgan fingerprint density at radius 2 is 1.79 bits per heavy atom. The van der Waals surface area contributed by atoms with Gasteiger partial charge in [0.05, 0.1) is 7.11 Å². The van der Waals surface area contributed by atoms with Crippen LogP contribution in [-0.4, -0.2) is 44.8 Å². The lowest BCUT2D eigenvalue weighted by molar-refractivity contribution is 0.299. The fourth-order valence-corrected chi connectivity index (χ4v) is 4.61. The van der Waals surface area contributed by atoms with Gasteiger partial charge in [-0.1, -0.05) is 0 Å². The maximum Gasteiger partial charge on any atom is 0.280 e. The third-order valence-electron chi connectivity index (χ3n) is 6.19. The van der Waals surface area contributed by atoms with E-state index in [-0.39, 0.29) is 11.0 Å². The minimum absolute atomic E-state index is 0.0513. The summed E-state index contributed by atoms with van der Waals surface area (Å²) < 4.78 is 7.03. The molecule has 1 fully saturated rings. The van der Waals surface area contributed by atoms with Crippen LogP contribution in [0.15, 0.2) is 53.6 Å². The molecular weight excluding hydrogens is 366 g/mol. The van der Waals surface area contributed by atoms with E-state index >= 15 is 0 Å². The van der Waals surface area contributed by atoms with Crippen molar-refractivity contribution in [2.45, 2.75) is 31.3 Å². The van der Waals surface area contributed by atoms with Crippen molar-refractivity contribution in [1.82, 2.24) is 24.6 Å². The molecule has 1 atom stereocenters. The highest BCUT2D eigenvalue weighted by Gasteiger charge is 2.46. The predicted molar refractivity (Wildman–Crippen MR) is 109 cm³/mol. The van der Waals surface area contributed by atoms with E-state index in [0.29, 0.717) is 12.2 Å². The highest BCUT2D eigenvalue weighted by Crippen LogP contribution is 2.41. The number of likely N-dealkylation sites (tertiary alicyclic amines) is 1. The van der Waals surface area contributed by atoms with Gasteiger partial charge in [0.1, 0.15) is 11.6 Å². The first kappa shape index (κ1) is 18.0. The van der Waals surface area contributed by atoms with Gasteiger partial charge in [-0.25, -0.2) is 0 Å². The molecule has 2 aliphatic rings. The van der Waals surface area contributed by atoms with Crippen LogP contribution in [0.25, 0.3) is 11.3 Å². The van der Waals surface area contributed by atoms with Crippen LogP contribution in [0.1, 0.15) is 24.2 Å². The van der Waals surface area contributed by atoms with Crippen LogP contribution >= 0.6 is 0 Å². The van der Waals surface area contributed by atoms with E-state index in [2.05, 4.69) is 32.2 Å². The molecule has 0 amide bonds. The summed E-state index contributed by atoms with van der Waals surface area (Å²) in [7, 11) is 1.62. The van der Waals surface area contributed by atoms with Gasteiger partial charge in [0, 0.05) is 43.0 Å². The van der Waals surface area contributed by atoms with Crippen molar-refractivity contribution < 1.29 is 4.74 Å². The molecule has 5 rings (SSSR count). The summed E-state index contributed by atoms with van der Waals surface area (Å²) in [6.07, 6.45) is 5.61. The molecule has 0 aliphatic carbocycles. The largest absolute Gasteiger partial charge is 0.497 e. The van der Waals surface area contributed by atoms with Gasteiger partial charge in [-0.15, -0.1) is 10.2 Å².